The Labute approximate surface area is 94.7 Å². The highest BCUT2D eigenvalue weighted by Gasteiger charge is 2.37. The number of pyridine rings is 1. The monoisotopic (exact) mass is 223 g/mol. The van der Waals surface area contributed by atoms with Crippen LogP contribution < -0.4 is 0 Å². The molecule has 1 atom stereocenters. The normalized spacial score (nSPS) is 25.1. The lowest BCUT2D eigenvalue weighted by molar-refractivity contribution is 0.0776. The van der Waals surface area contributed by atoms with Gasteiger partial charge in [0.15, 0.2) is 5.78 Å². The number of halogens is 1. The van der Waals surface area contributed by atoms with Crippen LogP contribution in [0.25, 0.3) is 0 Å². The van der Waals surface area contributed by atoms with E-state index in [1.54, 1.807) is 12.1 Å². The average molecular weight is 224 g/mol. The summed E-state index contributed by atoms with van der Waals surface area (Å²) in [6.07, 6.45) is 2.61. The smallest absolute Gasteiger partial charge is 0.170 e. The molecule has 0 amide bonds. The Morgan fingerprint density at radius 3 is 2.93 bits per heavy atom. The van der Waals surface area contributed by atoms with E-state index in [0.717, 1.165) is 30.5 Å². The van der Waals surface area contributed by atoms with E-state index in [1.165, 1.54) is 0 Å². The SMILES string of the molecule is CC[C@@]1(C)CCc2nc(Cl)ccc2C1=O. The lowest BCUT2D eigenvalue weighted by Crippen LogP contribution is -2.33. The zero-order valence-electron chi connectivity index (χ0n) is 9.01. The highest BCUT2D eigenvalue weighted by atomic mass is 35.5. The predicted octanol–water partition coefficient (Wildman–Crippen LogP) is 3.28. The molecule has 0 aromatic carbocycles. The first-order valence-corrected chi connectivity index (χ1v) is 5.65. The van der Waals surface area contributed by atoms with Crippen LogP contribution in [0.3, 0.4) is 0 Å². The fourth-order valence-electron chi connectivity index (χ4n) is 2.04. The third kappa shape index (κ3) is 1.67. The Bertz CT molecular complexity index is 416. The maximum absolute atomic E-state index is 12.2. The third-order valence-electron chi connectivity index (χ3n) is 3.43. The second kappa shape index (κ2) is 3.60. The maximum Gasteiger partial charge on any atom is 0.170 e. The molecule has 0 aliphatic heterocycles. The summed E-state index contributed by atoms with van der Waals surface area (Å²) >= 11 is 5.81. The molecule has 80 valence electrons. The molecule has 2 nitrogen and oxygen atoms in total. The molecule has 0 radical (unpaired) electrons. The van der Waals surface area contributed by atoms with Crippen LogP contribution >= 0.6 is 11.6 Å². The molecular weight excluding hydrogens is 210 g/mol. The van der Waals surface area contributed by atoms with E-state index in [-0.39, 0.29) is 11.2 Å². The summed E-state index contributed by atoms with van der Waals surface area (Å²) in [7, 11) is 0. The Morgan fingerprint density at radius 1 is 1.53 bits per heavy atom. The van der Waals surface area contributed by atoms with Gasteiger partial charge in [-0.3, -0.25) is 4.79 Å². The molecule has 0 saturated carbocycles. The minimum absolute atomic E-state index is 0.206. The van der Waals surface area contributed by atoms with Crippen molar-refractivity contribution in [2.75, 3.05) is 0 Å². The van der Waals surface area contributed by atoms with Crippen molar-refractivity contribution in [3.8, 4) is 0 Å². The van der Waals surface area contributed by atoms with Gasteiger partial charge in [0, 0.05) is 11.0 Å². The average Bonchev–Trinajstić information content (AvgIpc) is 2.24. The number of ketones is 1. The van der Waals surface area contributed by atoms with Crippen LogP contribution in [0, 0.1) is 5.41 Å². The van der Waals surface area contributed by atoms with Gasteiger partial charge in [-0.2, -0.15) is 0 Å². The summed E-state index contributed by atoms with van der Waals surface area (Å²) in [4.78, 5) is 16.4. The molecule has 1 aliphatic carbocycles. The van der Waals surface area contributed by atoms with Gasteiger partial charge in [-0.1, -0.05) is 25.4 Å². The molecule has 3 heteroatoms. The fourth-order valence-corrected chi connectivity index (χ4v) is 2.21. The Morgan fingerprint density at radius 2 is 2.27 bits per heavy atom. The summed E-state index contributed by atoms with van der Waals surface area (Å²) in [5.74, 6) is 0.218. The summed E-state index contributed by atoms with van der Waals surface area (Å²) in [6.45, 7) is 4.10. The molecule has 1 aromatic heterocycles. The van der Waals surface area contributed by atoms with Crippen molar-refractivity contribution in [2.45, 2.75) is 33.1 Å². The number of aryl methyl sites for hydroxylation is 1. The molecule has 15 heavy (non-hydrogen) atoms. The van der Waals surface area contributed by atoms with Gasteiger partial charge in [-0.05, 0) is 31.4 Å². The molecular formula is C12H14ClNO. The maximum atomic E-state index is 12.2. The van der Waals surface area contributed by atoms with E-state index < -0.39 is 0 Å². The van der Waals surface area contributed by atoms with Gasteiger partial charge < -0.3 is 0 Å². The van der Waals surface area contributed by atoms with E-state index in [4.69, 9.17) is 11.6 Å². The number of fused-ring (bicyclic) bond motifs is 1. The van der Waals surface area contributed by atoms with E-state index in [0.29, 0.717) is 5.15 Å². The number of hydrogen-bond acceptors (Lipinski definition) is 2. The highest BCUT2D eigenvalue weighted by molar-refractivity contribution is 6.29. The van der Waals surface area contributed by atoms with Crippen molar-refractivity contribution in [3.05, 3.63) is 28.5 Å². The van der Waals surface area contributed by atoms with E-state index in [9.17, 15) is 4.79 Å². The molecule has 2 rings (SSSR count). The van der Waals surface area contributed by atoms with Crippen molar-refractivity contribution in [3.63, 3.8) is 0 Å². The molecule has 1 heterocycles. The lowest BCUT2D eigenvalue weighted by atomic mass is 9.71. The Kier molecular flexibility index (Phi) is 2.55. The Balaban J connectivity index is 2.47. The molecule has 0 unspecified atom stereocenters. The van der Waals surface area contributed by atoms with E-state index in [1.807, 2.05) is 6.92 Å². The van der Waals surface area contributed by atoms with Gasteiger partial charge >= 0.3 is 0 Å². The third-order valence-corrected chi connectivity index (χ3v) is 3.64. The van der Waals surface area contributed by atoms with Crippen LogP contribution in [0.1, 0.15) is 42.7 Å². The quantitative estimate of drug-likeness (QED) is 0.684. The number of hydrogen-bond donors (Lipinski definition) is 0. The van der Waals surface area contributed by atoms with E-state index in [2.05, 4.69) is 11.9 Å². The van der Waals surface area contributed by atoms with Gasteiger partial charge in [-0.25, -0.2) is 4.98 Å². The highest BCUT2D eigenvalue weighted by Crippen LogP contribution is 2.37. The minimum atomic E-state index is -0.206. The first-order valence-electron chi connectivity index (χ1n) is 5.27. The van der Waals surface area contributed by atoms with E-state index >= 15 is 0 Å². The van der Waals surface area contributed by atoms with Gasteiger partial charge in [0.2, 0.25) is 0 Å². The second-order valence-electron chi connectivity index (χ2n) is 4.37. The van der Waals surface area contributed by atoms with Crippen LogP contribution in [0.15, 0.2) is 12.1 Å². The van der Waals surface area contributed by atoms with Crippen molar-refractivity contribution < 1.29 is 4.79 Å². The van der Waals surface area contributed by atoms with Gasteiger partial charge in [0.05, 0.1) is 5.69 Å². The number of aromatic nitrogens is 1. The largest absolute Gasteiger partial charge is 0.293 e. The van der Waals surface area contributed by atoms with Crippen LogP contribution in [0.5, 0.6) is 0 Å². The first-order chi connectivity index (χ1) is 7.07. The molecule has 0 spiro atoms. The van der Waals surface area contributed by atoms with Crippen molar-refractivity contribution >= 4 is 17.4 Å². The summed E-state index contributed by atoms with van der Waals surface area (Å²) in [6, 6.07) is 3.50. The zero-order valence-corrected chi connectivity index (χ0v) is 9.77. The Hall–Kier alpha value is -0.890. The number of Topliss-reactive ketones (excluding diaryl/α,β-unsaturated/α-hetero) is 1. The lowest BCUT2D eigenvalue weighted by Gasteiger charge is -2.31. The number of nitrogens with zero attached hydrogens (tertiary/aromatic N) is 1. The number of rotatable bonds is 1. The van der Waals surface area contributed by atoms with Crippen LogP contribution in [0.4, 0.5) is 0 Å². The molecule has 0 bridgehead atoms. The molecule has 0 N–H and O–H groups in total. The van der Waals surface area contributed by atoms with Gasteiger partial charge in [0.25, 0.3) is 0 Å². The van der Waals surface area contributed by atoms with Crippen molar-refractivity contribution in [1.29, 1.82) is 0 Å². The molecule has 1 aliphatic rings. The predicted molar refractivity (Wildman–Crippen MR) is 60.3 cm³/mol. The zero-order chi connectivity index (χ0) is 11.1. The van der Waals surface area contributed by atoms with Gasteiger partial charge in [0.1, 0.15) is 5.15 Å². The van der Waals surface area contributed by atoms with Crippen molar-refractivity contribution in [1.82, 2.24) is 4.98 Å². The van der Waals surface area contributed by atoms with Crippen LogP contribution in [0.2, 0.25) is 5.15 Å². The summed E-state index contributed by atoms with van der Waals surface area (Å²) in [5.41, 5.74) is 1.41. The summed E-state index contributed by atoms with van der Waals surface area (Å²) < 4.78 is 0. The molecule has 0 fully saturated rings. The topological polar surface area (TPSA) is 30.0 Å². The standard InChI is InChI=1S/C12H14ClNO/c1-3-12(2)7-6-9-8(11(12)15)4-5-10(13)14-9/h4-5H,3,6-7H2,1-2H3/t12-/m0/s1. The fraction of sp³-hybridized carbons (Fsp3) is 0.500. The summed E-state index contributed by atoms with van der Waals surface area (Å²) in [5, 5.41) is 0.474. The van der Waals surface area contributed by atoms with Crippen LogP contribution in [-0.2, 0) is 6.42 Å². The first kappa shape index (κ1) is 10.6. The number of carbonyl (C=O) groups excluding carboxylic acids is 1. The minimum Gasteiger partial charge on any atom is -0.293 e. The van der Waals surface area contributed by atoms with Crippen molar-refractivity contribution in [2.24, 2.45) is 5.41 Å². The number of carbonyl (C=O) groups is 1. The second-order valence-corrected chi connectivity index (χ2v) is 4.76. The van der Waals surface area contributed by atoms with Gasteiger partial charge in [-0.15, -0.1) is 0 Å². The molecule has 0 saturated heterocycles. The van der Waals surface area contributed by atoms with Crippen LogP contribution in [-0.4, -0.2) is 10.8 Å². The molecule has 1 aromatic rings.